The summed E-state index contributed by atoms with van der Waals surface area (Å²) in [6.45, 7) is 0.964. The standard InChI is InChI=1S/C39H39F6N3O2/c40-38(41,42)25-46-36(50)37(33-13-5-3-10-30(33)31-11-4-6-14-34(31)37)21-7-8-22-48-23-19-28(20-24-48)47-35(49)32-12-2-1-9-29(32)26-15-17-27(18-16-26)39(43,44)45/h1-6,9-18,28,36,46,50H,7-8,19-25H2,(H,47,49). The lowest BCUT2D eigenvalue weighted by Gasteiger charge is -2.38. The van der Waals surface area contributed by atoms with Gasteiger partial charge in [-0.1, -0.05) is 85.3 Å². The molecule has 1 fully saturated rings. The monoisotopic (exact) mass is 695 g/mol. The second-order valence-electron chi connectivity index (χ2n) is 13.1. The lowest BCUT2D eigenvalue weighted by atomic mass is 9.72. The second kappa shape index (κ2) is 14.6. The highest BCUT2D eigenvalue weighted by molar-refractivity contribution is 6.01. The fourth-order valence-electron chi connectivity index (χ4n) is 7.52. The summed E-state index contributed by atoms with van der Waals surface area (Å²) in [5.74, 6) is -0.279. The molecule has 11 heteroatoms. The van der Waals surface area contributed by atoms with Gasteiger partial charge in [-0.2, -0.15) is 26.3 Å². The van der Waals surface area contributed by atoms with Crippen molar-refractivity contribution in [3.63, 3.8) is 0 Å². The van der Waals surface area contributed by atoms with Crippen LogP contribution in [0.1, 0.15) is 59.2 Å². The van der Waals surface area contributed by atoms with Gasteiger partial charge in [0.1, 0.15) is 6.23 Å². The fraction of sp³-hybridized carbons (Fsp3) is 0.359. The van der Waals surface area contributed by atoms with Crippen molar-refractivity contribution >= 4 is 5.91 Å². The Morgan fingerprint density at radius 1 is 0.780 bits per heavy atom. The van der Waals surface area contributed by atoms with Crippen LogP contribution in [0.4, 0.5) is 26.3 Å². The zero-order valence-electron chi connectivity index (χ0n) is 27.3. The Morgan fingerprint density at radius 2 is 1.34 bits per heavy atom. The zero-order chi connectivity index (χ0) is 35.5. The van der Waals surface area contributed by atoms with E-state index in [1.807, 2.05) is 48.5 Å². The number of piperidine rings is 1. The number of unbranched alkanes of at least 4 members (excludes halogenated alkanes) is 1. The van der Waals surface area contributed by atoms with Crippen LogP contribution >= 0.6 is 0 Å². The van der Waals surface area contributed by atoms with Gasteiger partial charge < -0.3 is 15.3 Å². The average molecular weight is 696 g/mol. The van der Waals surface area contributed by atoms with Crippen molar-refractivity contribution in [3.05, 3.63) is 119 Å². The van der Waals surface area contributed by atoms with Crippen molar-refractivity contribution in [2.45, 2.75) is 62.1 Å². The van der Waals surface area contributed by atoms with E-state index in [0.717, 1.165) is 73.3 Å². The summed E-state index contributed by atoms with van der Waals surface area (Å²) in [6.07, 6.45) is -7.02. The molecule has 0 bridgehead atoms. The number of aliphatic hydroxyl groups is 1. The number of carbonyl (C=O) groups excluding carboxylic acids is 1. The van der Waals surface area contributed by atoms with E-state index in [1.54, 1.807) is 24.3 Å². The highest BCUT2D eigenvalue weighted by atomic mass is 19.4. The van der Waals surface area contributed by atoms with Crippen LogP contribution in [0, 0.1) is 0 Å². The number of carbonyl (C=O) groups is 1. The van der Waals surface area contributed by atoms with E-state index >= 15 is 0 Å². The molecule has 1 heterocycles. The number of rotatable bonds is 11. The summed E-state index contributed by atoms with van der Waals surface area (Å²) in [6, 6.07) is 26.7. The van der Waals surface area contributed by atoms with Crippen LogP contribution in [-0.2, 0) is 11.6 Å². The summed E-state index contributed by atoms with van der Waals surface area (Å²) in [5.41, 5.74) is 3.16. The first-order valence-electron chi connectivity index (χ1n) is 16.8. The molecule has 0 radical (unpaired) electrons. The Hall–Kier alpha value is -4.19. The van der Waals surface area contributed by atoms with E-state index in [2.05, 4.69) is 15.5 Å². The molecule has 4 aromatic rings. The van der Waals surface area contributed by atoms with Crippen molar-refractivity contribution in [2.24, 2.45) is 0 Å². The number of nitrogens with one attached hydrogen (secondary N) is 2. The minimum Gasteiger partial charge on any atom is -0.377 e. The number of amides is 1. The van der Waals surface area contributed by atoms with Gasteiger partial charge in [0.15, 0.2) is 0 Å². The summed E-state index contributed by atoms with van der Waals surface area (Å²) in [7, 11) is 0. The molecular weight excluding hydrogens is 656 g/mol. The third kappa shape index (κ3) is 7.60. The minimum atomic E-state index is -4.47. The summed E-state index contributed by atoms with van der Waals surface area (Å²) in [4.78, 5) is 15.6. The number of nitrogens with zero attached hydrogens (tertiary/aromatic N) is 1. The van der Waals surface area contributed by atoms with Gasteiger partial charge in [-0.05, 0) is 83.8 Å². The molecule has 0 spiro atoms. The maximum Gasteiger partial charge on any atom is 0.416 e. The highest BCUT2D eigenvalue weighted by Crippen LogP contribution is 2.53. The molecule has 2 aliphatic rings. The Kier molecular flexibility index (Phi) is 10.4. The smallest absolute Gasteiger partial charge is 0.377 e. The summed E-state index contributed by atoms with van der Waals surface area (Å²) < 4.78 is 78.8. The molecule has 1 unspecified atom stereocenters. The molecule has 1 aliphatic heterocycles. The Balaban J connectivity index is 1.05. The quantitative estimate of drug-likeness (QED) is 0.0842. The number of hydrogen-bond donors (Lipinski definition) is 3. The molecule has 0 aromatic heterocycles. The molecular formula is C39H39F6N3O2. The topological polar surface area (TPSA) is 64.6 Å². The van der Waals surface area contributed by atoms with Crippen LogP contribution in [0.25, 0.3) is 22.3 Å². The third-order valence-corrected chi connectivity index (χ3v) is 9.98. The molecule has 4 aromatic carbocycles. The van der Waals surface area contributed by atoms with Gasteiger partial charge in [0.25, 0.3) is 5.91 Å². The summed E-state index contributed by atoms with van der Waals surface area (Å²) in [5, 5.41) is 16.9. The molecule has 3 N–H and O–H groups in total. The number of alkyl halides is 6. The number of likely N-dealkylation sites (tertiary alicyclic amines) is 1. The van der Waals surface area contributed by atoms with Gasteiger partial charge >= 0.3 is 12.4 Å². The molecule has 1 amide bonds. The second-order valence-corrected chi connectivity index (χ2v) is 13.1. The van der Waals surface area contributed by atoms with E-state index in [9.17, 15) is 36.2 Å². The van der Waals surface area contributed by atoms with Gasteiger partial charge in [0.05, 0.1) is 17.5 Å². The van der Waals surface area contributed by atoms with Gasteiger partial charge in [-0.15, -0.1) is 0 Å². The van der Waals surface area contributed by atoms with Crippen LogP contribution in [0.2, 0.25) is 0 Å². The number of fused-ring (bicyclic) bond motifs is 3. The first-order chi connectivity index (χ1) is 23.9. The number of hydrogen-bond acceptors (Lipinski definition) is 4. The van der Waals surface area contributed by atoms with Gasteiger partial charge in [0, 0.05) is 24.7 Å². The van der Waals surface area contributed by atoms with Gasteiger partial charge in [-0.25, -0.2) is 0 Å². The van der Waals surface area contributed by atoms with Crippen LogP contribution in [0.15, 0.2) is 97.1 Å². The number of benzene rings is 4. The molecule has 5 nitrogen and oxygen atoms in total. The fourth-order valence-corrected chi connectivity index (χ4v) is 7.52. The van der Waals surface area contributed by atoms with Crippen molar-refractivity contribution in [3.8, 4) is 22.3 Å². The molecule has 0 saturated carbocycles. The van der Waals surface area contributed by atoms with Crippen LogP contribution in [-0.4, -0.2) is 60.5 Å². The molecule has 264 valence electrons. The lowest BCUT2D eigenvalue weighted by molar-refractivity contribution is -0.137. The van der Waals surface area contributed by atoms with E-state index in [1.165, 1.54) is 12.1 Å². The zero-order valence-corrected chi connectivity index (χ0v) is 27.3. The van der Waals surface area contributed by atoms with Crippen molar-refractivity contribution in [2.75, 3.05) is 26.2 Å². The average Bonchev–Trinajstić information content (AvgIpc) is 3.39. The van der Waals surface area contributed by atoms with Crippen LogP contribution in [0.5, 0.6) is 0 Å². The number of halogens is 6. The van der Waals surface area contributed by atoms with Gasteiger partial charge in [-0.3, -0.25) is 10.1 Å². The normalized spacial score (nSPS) is 16.9. The molecule has 1 aliphatic carbocycles. The largest absolute Gasteiger partial charge is 0.416 e. The Morgan fingerprint density at radius 3 is 1.92 bits per heavy atom. The Bertz CT molecular complexity index is 1740. The number of aliphatic hydroxyl groups excluding tert-OH is 1. The predicted octanol–water partition coefficient (Wildman–Crippen LogP) is 8.17. The molecule has 50 heavy (non-hydrogen) atoms. The molecule has 6 rings (SSSR count). The molecule has 1 saturated heterocycles. The maximum atomic E-state index is 13.3. The first kappa shape index (κ1) is 35.6. The van der Waals surface area contributed by atoms with Crippen LogP contribution in [0.3, 0.4) is 0 Å². The Labute approximate surface area is 287 Å². The van der Waals surface area contributed by atoms with E-state index in [-0.39, 0.29) is 11.9 Å². The predicted molar refractivity (Wildman–Crippen MR) is 180 cm³/mol. The highest BCUT2D eigenvalue weighted by Gasteiger charge is 2.48. The van der Waals surface area contributed by atoms with E-state index in [4.69, 9.17) is 0 Å². The summed E-state index contributed by atoms with van der Waals surface area (Å²) >= 11 is 0. The molecule has 1 atom stereocenters. The lowest BCUT2D eigenvalue weighted by Crippen LogP contribution is -2.51. The first-order valence-corrected chi connectivity index (χ1v) is 16.8. The van der Waals surface area contributed by atoms with Crippen molar-refractivity contribution < 1.29 is 36.2 Å². The van der Waals surface area contributed by atoms with Crippen LogP contribution < -0.4 is 10.6 Å². The third-order valence-electron chi connectivity index (χ3n) is 9.98. The van der Waals surface area contributed by atoms with Gasteiger partial charge in [0.2, 0.25) is 0 Å². The maximum absolute atomic E-state index is 13.3. The van der Waals surface area contributed by atoms with Crippen molar-refractivity contribution in [1.82, 2.24) is 15.5 Å². The minimum absolute atomic E-state index is 0.0657. The van der Waals surface area contributed by atoms with Crippen molar-refractivity contribution in [1.29, 1.82) is 0 Å². The van der Waals surface area contributed by atoms with E-state index in [0.29, 0.717) is 29.5 Å². The van der Waals surface area contributed by atoms with E-state index < -0.39 is 36.1 Å². The SMILES string of the molecule is O=C(NC1CCN(CCCCC2(C(O)NCC(F)(F)F)c3ccccc3-c3ccccc32)CC1)c1ccccc1-c1ccc(C(F)(F)F)cc1.